The number of phenolic OH excluding ortho intramolecular Hbond substituents is 1. The number of phenols is 1. The normalized spacial score (nSPS) is 10.1. The number of esters is 1. The van der Waals surface area contributed by atoms with E-state index < -0.39 is 0 Å². The number of aromatic hydroxyl groups is 1. The van der Waals surface area contributed by atoms with Gasteiger partial charge in [-0.1, -0.05) is 25.1 Å². The van der Waals surface area contributed by atoms with Crippen LogP contribution in [0.1, 0.15) is 22.8 Å². The first kappa shape index (κ1) is 12.2. The smallest absolute Gasteiger partial charge is 0.343 e. The zero-order valence-electron chi connectivity index (χ0n) is 10.1. The first-order chi connectivity index (χ1) is 8.70. The minimum Gasteiger partial charge on any atom is -0.508 e. The minimum atomic E-state index is -0.377. The third-order valence-corrected chi connectivity index (χ3v) is 2.67. The highest BCUT2D eigenvalue weighted by molar-refractivity contribution is 5.92. The molecule has 3 heteroatoms. The van der Waals surface area contributed by atoms with E-state index in [-0.39, 0.29) is 11.7 Å². The Kier molecular flexibility index (Phi) is 3.63. The van der Waals surface area contributed by atoms with Crippen LogP contribution in [0.3, 0.4) is 0 Å². The van der Waals surface area contributed by atoms with Crippen LogP contribution in [0.5, 0.6) is 11.5 Å². The average molecular weight is 242 g/mol. The molecule has 0 aliphatic heterocycles. The van der Waals surface area contributed by atoms with E-state index in [4.69, 9.17) is 9.84 Å². The monoisotopic (exact) mass is 242 g/mol. The maximum Gasteiger partial charge on any atom is 0.343 e. The zero-order chi connectivity index (χ0) is 13.0. The van der Waals surface area contributed by atoms with Crippen molar-refractivity contribution < 1.29 is 14.6 Å². The summed E-state index contributed by atoms with van der Waals surface area (Å²) in [4.78, 5) is 12.0. The standard InChI is InChI=1S/C15H14O3/c1-2-11-5-3-4-6-14(11)15(17)18-13-9-7-12(16)8-10-13/h3-10,16H,2H2,1H3. The molecule has 0 bridgehead atoms. The number of hydrogen-bond donors (Lipinski definition) is 1. The number of aryl methyl sites for hydroxylation is 1. The van der Waals surface area contributed by atoms with Gasteiger partial charge in [0.05, 0.1) is 5.56 Å². The number of ether oxygens (including phenoxy) is 1. The molecule has 0 unspecified atom stereocenters. The van der Waals surface area contributed by atoms with Crippen molar-refractivity contribution in [2.75, 3.05) is 0 Å². The van der Waals surface area contributed by atoms with Crippen molar-refractivity contribution in [2.45, 2.75) is 13.3 Å². The Labute approximate surface area is 106 Å². The van der Waals surface area contributed by atoms with Crippen molar-refractivity contribution in [3.05, 3.63) is 59.7 Å². The summed E-state index contributed by atoms with van der Waals surface area (Å²) in [5.74, 6) is 0.186. The van der Waals surface area contributed by atoms with Crippen LogP contribution in [0.4, 0.5) is 0 Å². The van der Waals surface area contributed by atoms with Crippen molar-refractivity contribution in [2.24, 2.45) is 0 Å². The molecule has 2 rings (SSSR count). The number of carbonyl (C=O) groups is 1. The summed E-state index contributed by atoms with van der Waals surface area (Å²) in [7, 11) is 0. The minimum absolute atomic E-state index is 0.142. The van der Waals surface area contributed by atoms with Crippen LogP contribution in [0.25, 0.3) is 0 Å². The van der Waals surface area contributed by atoms with Crippen molar-refractivity contribution in [3.63, 3.8) is 0 Å². The van der Waals surface area contributed by atoms with Crippen LogP contribution in [0.15, 0.2) is 48.5 Å². The molecular weight excluding hydrogens is 228 g/mol. The van der Waals surface area contributed by atoms with E-state index >= 15 is 0 Å². The van der Waals surface area contributed by atoms with Gasteiger partial charge in [-0.3, -0.25) is 0 Å². The molecule has 3 nitrogen and oxygen atoms in total. The zero-order valence-corrected chi connectivity index (χ0v) is 10.1. The van der Waals surface area contributed by atoms with E-state index in [2.05, 4.69) is 0 Å². The second-order valence-electron chi connectivity index (χ2n) is 3.89. The first-order valence-corrected chi connectivity index (χ1v) is 5.80. The highest BCUT2D eigenvalue weighted by Crippen LogP contribution is 2.18. The van der Waals surface area contributed by atoms with Crippen LogP contribution in [0.2, 0.25) is 0 Å². The van der Waals surface area contributed by atoms with Gasteiger partial charge >= 0.3 is 5.97 Å². The summed E-state index contributed by atoms with van der Waals surface area (Å²) < 4.78 is 5.25. The van der Waals surface area contributed by atoms with Gasteiger partial charge < -0.3 is 9.84 Å². The Morgan fingerprint density at radius 2 is 1.78 bits per heavy atom. The molecule has 18 heavy (non-hydrogen) atoms. The van der Waals surface area contributed by atoms with Gasteiger partial charge in [0.2, 0.25) is 0 Å². The van der Waals surface area contributed by atoms with Gasteiger partial charge in [-0.15, -0.1) is 0 Å². The molecule has 0 saturated carbocycles. The number of rotatable bonds is 3. The van der Waals surface area contributed by atoms with Gasteiger partial charge in [0.15, 0.2) is 0 Å². The van der Waals surface area contributed by atoms with Crippen LogP contribution < -0.4 is 4.74 Å². The summed E-state index contributed by atoms with van der Waals surface area (Å²) in [6.07, 6.45) is 0.779. The Balaban J connectivity index is 2.19. The molecule has 2 aromatic rings. The molecule has 0 atom stereocenters. The third kappa shape index (κ3) is 2.69. The second kappa shape index (κ2) is 5.36. The second-order valence-corrected chi connectivity index (χ2v) is 3.89. The predicted molar refractivity (Wildman–Crippen MR) is 68.9 cm³/mol. The summed E-state index contributed by atoms with van der Waals surface area (Å²) in [5.41, 5.74) is 1.54. The van der Waals surface area contributed by atoms with E-state index in [1.54, 1.807) is 18.2 Å². The SMILES string of the molecule is CCc1ccccc1C(=O)Oc1ccc(O)cc1. The molecule has 0 radical (unpaired) electrons. The molecule has 0 aliphatic rings. The lowest BCUT2D eigenvalue weighted by Gasteiger charge is -2.07. The lowest BCUT2D eigenvalue weighted by Crippen LogP contribution is -2.10. The maximum atomic E-state index is 12.0. The van der Waals surface area contributed by atoms with E-state index in [1.807, 2.05) is 25.1 Å². The Morgan fingerprint density at radius 1 is 1.11 bits per heavy atom. The molecule has 0 heterocycles. The molecular formula is C15H14O3. The van der Waals surface area contributed by atoms with E-state index in [9.17, 15) is 4.79 Å². The Bertz CT molecular complexity index is 544. The predicted octanol–water partition coefficient (Wildman–Crippen LogP) is 3.17. The van der Waals surface area contributed by atoms with E-state index in [0.29, 0.717) is 11.3 Å². The van der Waals surface area contributed by atoms with Crippen molar-refractivity contribution in [1.82, 2.24) is 0 Å². The van der Waals surface area contributed by atoms with Gasteiger partial charge in [-0.25, -0.2) is 4.79 Å². The molecule has 0 aliphatic carbocycles. The van der Waals surface area contributed by atoms with E-state index in [0.717, 1.165) is 12.0 Å². The highest BCUT2D eigenvalue weighted by atomic mass is 16.5. The number of benzene rings is 2. The van der Waals surface area contributed by atoms with Gasteiger partial charge in [-0.2, -0.15) is 0 Å². The largest absolute Gasteiger partial charge is 0.508 e. The first-order valence-electron chi connectivity index (χ1n) is 5.80. The molecule has 2 aromatic carbocycles. The summed E-state index contributed by atoms with van der Waals surface area (Å²) in [6, 6.07) is 13.4. The summed E-state index contributed by atoms with van der Waals surface area (Å²) in [6.45, 7) is 1.99. The Hall–Kier alpha value is -2.29. The lowest BCUT2D eigenvalue weighted by atomic mass is 10.1. The number of carbonyl (C=O) groups excluding carboxylic acids is 1. The molecule has 0 fully saturated rings. The summed E-state index contributed by atoms with van der Waals surface area (Å²) in [5, 5.41) is 9.15. The quantitative estimate of drug-likeness (QED) is 0.664. The van der Waals surface area contributed by atoms with Crippen LogP contribution in [-0.4, -0.2) is 11.1 Å². The average Bonchev–Trinajstić information content (AvgIpc) is 2.41. The highest BCUT2D eigenvalue weighted by Gasteiger charge is 2.11. The van der Waals surface area contributed by atoms with Crippen LogP contribution in [-0.2, 0) is 6.42 Å². The van der Waals surface area contributed by atoms with Gasteiger partial charge in [0.25, 0.3) is 0 Å². The van der Waals surface area contributed by atoms with Crippen molar-refractivity contribution in [1.29, 1.82) is 0 Å². The van der Waals surface area contributed by atoms with Crippen LogP contribution in [0, 0.1) is 0 Å². The molecule has 0 aromatic heterocycles. The number of hydrogen-bond acceptors (Lipinski definition) is 3. The molecule has 0 spiro atoms. The van der Waals surface area contributed by atoms with Crippen LogP contribution >= 0.6 is 0 Å². The molecule has 0 saturated heterocycles. The molecule has 0 amide bonds. The van der Waals surface area contributed by atoms with Gasteiger partial charge in [-0.05, 0) is 42.3 Å². The summed E-state index contributed by atoms with van der Waals surface area (Å²) >= 11 is 0. The topological polar surface area (TPSA) is 46.5 Å². The third-order valence-electron chi connectivity index (χ3n) is 2.67. The van der Waals surface area contributed by atoms with E-state index in [1.165, 1.54) is 12.1 Å². The fourth-order valence-electron chi connectivity index (χ4n) is 1.70. The van der Waals surface area contributed by atoms with Gasteiger partial charge in [0, 0.05) is 0 Å². The molecule has 1 N–H and O–H groups in total. The van der Waals surface area contributed by atoms with Crippen molar-refractivity contribution in [3.8, 4) is 11.5 Å². The lowest BCUT2D eigenvalue weighted by molar-refractivity contribution is 0.0733. The fraction of sp³-hybridized carbons (Fsp3) is 0.133. The van der Waals surface area contributed by atoms with Crippen molar-refractivity contribution >= 4 is 5.97 Å². The Morgan fingerprint density at radius 3 is 2.44 bits per heavy atom. The van der Waals surface area contributed by atoms with Gasteiger partial charge in [0.1, 0.15) is 11.5 Å². The maximum absolute atomic E-state index is 12.0. The molecule has 92 valence electrons. The fourth-order valence-corrected chi connectivity index (χ4v) is 1.70.